The minimum Gasteiger partial charge on any atom is -0.389 e. The van der Waals surface area contributed by atoms with Gasteiger partial charge in [0.05, 0.1) is 53.3 Å². The highest BCUT2D eigenvalue weighted by molar-refractivity contribution is 7.89. The molecule has 4 aromatic rings. The summed E-state index contributed by atoms with van der Waals surface area (Å²) in [5, 5.41) is 18.5. The maximum Gasteiger partial charge on any atom is 0.285 e. The molecule has 1 aliphatic heterocycles. The van der Waals surface area contributed by atoms with Gasteiger partial charge in [-0.1, -0.05) is 17.7 Å². The molecule has 3 aromatic heterocycles. The fourth-order valence-corrected chi connectivity index (χ4v) is 5.82. The molecule has 0 unspecified atom stereocenters. The quantitative estimate of drug-likeness (QED) is 0.247. The van der Waals surface area contributed by atoms with Gasteiger partial charge < -0.3 is 15.3 Å². The lowest BCUT2D eigenvalue weighted by Crippen LogP contribution is -2.31. The van der Waals surface area contributed by atoms with Crippen molar-refractivity contribution in [3.8, 4) is 0 Å². The molecule has 1 atom stereocenters. The number of nitrogens with one attached hydrogen (secondary N) is 2. The van der Waals surface area contributed by atoms with Crippen LogP contribution in [0.4, 0.5) is 11.6 Å². The number of rotatable bonds is 8. The van der Waals surface area contributed by atoms with E-state index in [-0.39, 0.29) is 22.1 Å². The van der Waals surface area contributed by atoms with Crippen LogP contribution in [0.1, 0.15) is 59.7 Å². The lowest BCUT2D eigenvalue weighted by Gasteiger charge is -2.23. The highest BCUT2D eigenvalue weighted by atomic mass is 35.5. The molecule has 0 saturated carbocycles. The SMILES string of the molecule is Cc1cc([C@@H](C)Nc2ccc(Cl)nc2C(=O)NS(C)(=O)=O)c2nc(N3Cc4cn(CC(C)(C)O)nc4C3)n(C)c(=O)c2c1. The molecule has 0 radical (unpaired) electrons. The Morgan fingerprint density at radius 2 is 1.93 bits per heavy atom. The second-order valence-electron chi connectivity index (χ2n) is 11.6. The van der Waals surface area contributed by atoms with Crippen LogP contribution in [0.25, 0.3) is 10.9 Å². The van der Waals surface area contributed by atoms with Gasteiger partial charge >= 0.3 is 0 Å². The zero-order valence-corrected chi connectivity index (χ0v) is 26.2. The molecule has 0 aliphatic carbocycles. The molecule has 0 fully saturated rings. The first-order valence-corrected chi connectivity index (χ1v) is 15.7. The summed E-state index contributed by atoms with van der Waals surface area (Å²) in [7, 11) is -2.16. The number of hydrogen-bond donors (Lipinski definition) is 3. The average Bonchev–Trinajstić information content (AvgIpc) is 3.43. The lowest BCUT2D eigenvalue weighted by molar-refractivity contribution is 0.0576. The first kappa shape index (κ1) is 30.4. The van der Waals surface area contributed by atoms with Crippen molar-refractivity contribution < 1.29 is 18.3 Å². The predicted octanol–water partition coefficient (Wildman–Crippen LogP) is 2.64. The third-order valence-electron chi connectivity index (χ3n) is 6.98. The highest BCUT2D eigenvalue weighted by Crippen LogP contribution is 2.31. The fourth-order valence-electron chi connectivity index (χ4n) is 5.24. The predicted molar refractivity (Wildman–Crippen MR) is 164 cm³/mol. The molecular formula is C28H33ClN8O5S. The van der Waals surface area contributed by atoms with Crippen molar-refractivity contribution in [1.29, 1.82) is 0 Å². The summed E-state index contributed by atoms with van der Waals surface area (Å²) in [6, 6.07) is 6.24. The minimum absolute atomic E-state index is 0.0194. The number of aromatic nitrogens is 5. The van der Waals surface area contributed by atoms with Crippen LogP contribution in [0, 0.1) is 6.92 Å². The number of sulfonamides is 1. The number of anilines is 2. The molecule has 1 aliphatic rings. The molecule has 43 heavy (non-hydrogen) atoms. The summed E-state index contributed by atoms with van der Waals surface area (Å²) >= 11 is 6.02. The molecule has 228 valence electrons. The number of halogens is 1. The van der Waals surface area contributed by atoms with E-state index < -0.39 is 27.6 Å². The Hall–Kier alpha value is -4.01. The van der Waals surface area contributed by atoms with Crippen LogP contribution < -0.4 is 20.5 Å². The molecule has 1 amide bonds. The second-order valence-corrected chi connectivity index (χ2v) is 13.7. The summed E-state index contributed by atoms with van der Waals surface area (Å²) < 4.78 is 28.6. The fraction of sp³-hybridized carbons (Fsp3) is 0.393. The maximum absolute atomic E-state index is 13.6. The smallest absolute Gasteiger partial charge is 0.285 e. The monoisotopic (exact) mass is 628 g/mol. The maximum atomic E-state index is 13.6. The molecule has 5 rings (SSSR count). The molecular weight excluding hydrogens is 596 g/mol. The number of benzene rings is 1. The van der Waals surface area contributed by atoms with Gasteiger partial charge in [-0.25, -0.2) is 23.1 Å². The topological polar surface area (TPSA) is 164 Å². The zero-order chi connectivity index (χ0) is 31.4. The minimum atomic E-state index is -3.84. The van der Waals surface area contributed by atoms with Gasteiger partial charge in [0, 0.05) is 30.9 Å². The Morgan fingerprint density at radius 3 is 2.58 bits per heavy atom. The van der Waals surface area contributed by atoms with Crippen molar-refractivity contribution in [2.45, 2.75) is 59.0 Å². The van der Waals surface area contributed by atoms with Crippen LogP contribution in [0.15, 0.2) is 35.3 Å². The molecule has 1 aromatic carbocycles. The first-order valence-electron chi connectivity index (χ1n) is 13.5. The third-order valence-corrected chi connectivity index (χ3v) is 7.75. The van der Waals surface area contributed by atoms with Crippen LogP contribution >= 0.6 is 11.6 Å². The molecule has 4 heterocycles. The van der Waals surface area contributed by atoms with E-state index in [1.807, 2.05) is 35.7 Å². The van der Waals surface area contributed by atoms with Gasteiger partial charge in [0.15, 0.2) is 5.69 Å². The summed E-state index contributed by atoms with van der Waals surface area (Å²) in [5.74, 6) is -0.454. The largest absolute Gasteiger partial charge is 0.389 e. The summed E-state index contributed by atoms with van der Waals surface area (Å²) in [4.78, 5) is 37.3. The Morgan fingerprint density at radius 1 is 1.21 bits per heavy atom. The lowest BCUT2D eigenvalue weighted by atomic mass is 10.0. The van der Waals surface area contributed by atoms with Crippen molar-refractivity contribution in [3.63, 3.8) is 0 Å². The Labute approximate surface area is 253 Å². The van der Waals surface area contributed by atoms with Crippen LogP contribution in [0.3, 0.4) is 0 Å². The van der Waals surface area contributed by atoms with E-state index in [2.05, 4.69) is 15.4 Å². The standard InChI is InChI=1S/C28H33ClN8O5S/c1-15-9-18(16(2)30-20-7-8-22(29)31-24(20)25(38)34-43(6,41)42)23-19(10-15)26(39)35(5)27(32-23)36-11-17-12-37(14-28(3,4)40)33-21(17)13-36/h7-10,12,16,30,40H,11,13-14H2,1-6H3,(H,34,38)/t16-/m1/s1. The van der Waals surface area contributed by atoms with Gasteiger partial charge in [0.1, 0.15) is 5.15 Å². The number of hydrogen-bond acceptors (Lipinski definition) is 10. The number of carbonyl (C=O) groups is 1. The van der Waals surface area contributed by atoms with Gasteiger partial charge in [-0.2, -0.15) is 5.10 Å². The van der Waals surface area contributed by atoms with Gasteiger partial charge in [0.2, 0.25) is 16.0 Å². The number of nitrogens with zero attached hydrogens (tertiary/aromatic N) is 6. The summed E-state index contributed by atoms with van der Waals surface area (Å²) in [6.07, 6.45) is 2.78. The Kier molecular flexibility index (Phi) is 7.73. The number of fused-ring (bicyclic) bond motifs is 2. The van der Waals surface area contributed by atoms with Crippen molar-refractivity contribution in [1.82, 2.24) is 29.0 Å². The molecule has 0 saturated heterocycles. The van der Waals surface area contributed by atoms with E-state index in [9.17, 15) is 23.1 Å². The van der Waals surface area contributed by atoms with Crippen molar-refractivity contribution in [2.75, 3.05) is 16.5 Å². The Bertz CT molecular complexity index is 1910. The third kappa shape index (κ3) is 6.50. The molecule has 0 bridgehead atoms. The normalized spacial score (nSPS) is 14.2. The van der Waals surface area contributed by atoms with Gasteiger partial charge in [-0.15, -0.1) is 0 Å². The number of pyridine rings is 1. The summed E-state index contributed by atoms with van der Waals surface area (Å²) in [6.45, 7) is 8.48. The van der Waals surface area contributed by atoms with Crippen molar-refractivity contribution in [3.05, 3.63) is 74.0 Å². The van der Waals surface area contributed by atoms with Gasteiger partial charge in [0.25, 0.3) is 11.5 Å². The second kappa shape index (κ2) is 10.9. The number of aryl methyl sites for hydroxylation is 1. The van der Waals surface area contributed by atoms with E-state index in [0.717, 1.165) is 23.1 Å². The average molecular weight is 629 g/mol. The summed E-state index contributed by atoms with van der Waals surface area (Å²) in [5.41, 5.74) is 2.83. The number of carbonyl (C=O) groups excluding carboxylic acids is 1. The van der Waals surface area contributed by atoms with Gasteiger partial charge in [-0.05, 0) is 51.5 Å². The number of aliphatic hydroxyl groups is 1. The van der Waals surface area contributed by atoms with E-state index in [0.29, 0.717) is 42.0 Å². The molecule has 13 nitrogen and oxygen atoms in total. The molecule has 0 spiro atoms. The molecule has 3 N–H and O–H groups in total. The first-order chi connectivity index (χ1) is 20.0. The van der Waals surface area contributed by atoms with E-state index in [1.54, 1.807) is 31.6 Å². The van der Waals surface area contributed by atoms with E-state index >= 15 is 0 Å². The van der Waals surface area contributed by atoms with E-state index in [1.165, 1.54) is 16.7 Å². The van der Waals surface area contributed by atoms with Crippen molar-refractivity contribution in [2.24, 2.45) is 7.05 Å². The highest BCUT2D eigenvalue weighted by Gasteiger charge is 2.28. The molecule has 15 heteroatoms. The van der Waals surface area contributed by atoms with Crippen LogP contribution in [0.5, 0.6) is 0 Å². The number of amides is 1. The van der Waals surface area contributed by atoms with Crippen LogP contribution in [-0.4, -0.2) is 55.6 Å². The van der Waals surface area contributed by atoms with Crippen LogP contribution in [-0.2, 0) is 36.7 Å². The zero-order valence-electron chi connectivity index (χ0n) is 24.6. The van der Waals surface area contributed by atoms with Gasteiger partial charge in [-0.3, -0.25) is 18.8 Å². The van der Waals surface area contributed by atoms with Crippen molar-refractivity contribution >= 4 is 50.1 Å². The van der Waals surface area contributed by atoms with E-state index in [4.69, 9.17) is 16.6 Å². The Balaban J connectivity index is 1.51. The van der Waals surface area contributed by atoms with Crippen LogP contribution in [0.2, 0.25) is 5.15 Å².